The predicted octanol–water partition coefficient (Wildman–Crippen LogP) is 3.08. The summed E-state index contributed by atoms with van der Waals surface area (Å²) in [6.45, 7) is 3.01. The van der Waals surface area contributed by atoms with Gasteiger partial charge in [0.2, 0.25) is 0 Å². The van der Waals surface area contributed by atoms with Gasteiger partial charge >= 0.3 is 0 Å². The highest BCUT2D eigenvalue weighted by Gasteiger charge is 2.06. The Bertz CT molecular complexity index is 410. The lowest BCUT2D eigenvalue weighted by molar-refractivity contribution is 0.564. The summed E-state index contributed by atoms with van der Waals surface area (Å²) in [7, 11) is 0. The number of thiophene rings is 1. The van der Waals surface area contributed by atoms with Crippen molar-refractivity contribution >= 4 is 27.3 Å². The van der Waals surface area contributed by atoms with Crippen LogP contribution in [0.25, 0.3) is 0 Å². The van der Waals surface area contributed by atoms with Crippen molar-refractivity contribution < 1.29 is 0 Å². The van der Waals surface area contributed by atoms with Gasteiger partial charge in [0.25, 0.3) is 0 Å². The lowest BCUT2D eigenvalue weighted by Crippen LogP contribution is -2.17. The highest BCUT2D eigenvalue weighted by molar-refractivity contribution is 9.11. The fraction of sp³-hybridized carbons (Fsp3) is 0.300. The van der Waals surface area contributed by atoms with Crippen LogP contribution in [0.15, 0.2) is 28.2 Å². The van der Waals surface area contributed by atoms with Crippen LogP contribution in [0.1, 0.15) is 23.5 Å². The van der Waals surface area contributed by atoms with E-state index in [-0.39, 0.29) is 0 Å². The van der Waals surface area contributed by atoms with Crippen LogP contribution >= 0.6 is 27.3 Å². The van der Waals surface area contributed by atoms with Crippen molar-refractivity contribution in [1.82, 2.24) is 15.5 Å². The van der Waals surface area contributed by atoms with E-state index in [4.69, 9.17) is 0 Å². The minimum absolute atomic E-state index is 0.299. The molecule has 2 aromatic rings. The number of halogens is 1. The number of aromatic nitrogens is 2. The number of hydrogen-bond acceptors (Lipinski definition) is 3. The Balaban J connectivity index is 1.88. The molecule has 0 aliphatic rings. The highest BCUT2D eigenvalue weighted by Crippen LogP contribution is 2.22. The van der Waals surface area contributed by atoms with E-state index < -0.39 is 0 Å². The molecule has 0 aliphatic heterocycles. The lowest BCUT2D eigenvalue weighted by Gasteiger charge is -2.10. The zero-order valence-electron chi connectivity index (χ0n) is 8.33. The van der Waals surface area contributed by atoms with Crippen molar-refractivity contribution in [3.63, 3.8) is 0 Å². The largest absolute Gasteiger partial charge is 0.304 e. The number of nitrogens with one attached hydrogen (secondary N) is 2. The zero-order chi connectivity index (χ0) is 10.7. The van der Waals surface area contributed by atoms with Gasteiger partial charge in [-0.05, 0) is 41.1 Å². The molecule has 0 fully saturated rings. The van der Waals surface area contributed by atoms with E-state index in [2.05, 4.69) is 50.5 Å². The summed E-state index contributed by atoms with van der Waals surface area (Å²) in [6, 6.07) is 6.49. The topological polar surface area (TPSA) is 40.7 Å². The molecule has 0 aliphatic carbocycles. The molecule has 3 nitrogen and oxygen atoms in total. The van der Waals surface area contributed by atoms with Gasteiger partial charge in [-0.25, -0.2) is 0 Å². The van der Waals surface area contributed by atoms with Gasteiger partial charge in [0.05, 0.1) is 9.48 Å². The van der Waals surface area contributed by atoms with Crippen molar-refractivity contribution in [3.8, 4) is 0 Å². The SMILES string of the molecule is CC(NCc1ccc(Br)s1)c1ccn[nH]1. The van der Waals surface area contributed by atoms with E-state index in [0.717, 1.165) is 12.2 Å². The maximum absolute atomic E-state index is 3.93. The van der Waals surface area contributed by atoms with E-state index >= 15 is 0 Å². The highest BCUT2D eigenvalue weighted by atomic mass is 79.9. The Hall–Kier alpha value is -0.650. The van der Waals surface area contributed by atoms with Crippen LogP contribution in [-0.2, 0) is 6.54 Å². The van der Waals surface area contributed by atoms with Crippen LogP contribution in [0.2, 0.25) is 0 Å². The molecule has 2 N–H and O–H groups in total. The summed E-state index contributed by atoms with van der Waals surface area (Å²) in [4.78, 5) is 1.33. The molecule has 0 amide bonds. The Morgan fingerprint density at radius 3 is 3.00 bits per heavy atom. The molecular weight excluding hydrogens is 274 g/mol. The Kier molecular flexibility index (Phi) is 3.56. The summed E-state index contributed by atoms with van der Waals surface area (Å²) in [6.07, 6.45) is 1.77. The first-order chi connectivity index (χ1) is 7.25. The summed E-state index contributed by atoms with van der Waals surface area (Å²) >= 11 is 5.21. The molecule has 2 heterocycles. The molecule has 0 spiro atoms. The predicted molar refractivity (Wildman–Crippen MR) is 65.9 cm³/mol. The van der Waals surface area contributed by atoms with Gasteiger partial charge in [0.15, 0.2) is 0 Å². The Morgan fingerprint density at radius 1 is 1.53 bits per heavy atom. The first-order valence-electron chi connectivity index (χ1n) is 4.72. The van der Waals surface area contributed by atoms with E-state index in [1.807, 2.05) is 6.07 Å². The second-order valence-corrected chi connectivity index (χ2v) is 5.87. The van der Waals surface area contributed by atoms with Crippen molar-refractivity contribution in [1.29, 1.82) is 0 Å². The average molecular weight is 286 g/mol. The molecule has 15 heavy (non-hydrogen) atoms. The van der Waals surface area contributed by atoms with Gasteiger partial charge in [-0.3, -0.25) is 5.10 Å². The van der Waals surface area contributed by atoms with Crippen molar-refractivity contribution in [2.24, 2.45) is 0 Å². The van der Waals surface area contributed by atoms with E-state index in [1.54, 1.807) is 17.5 Å². The van der Waals surface area contributed by atoms with Crippen molar-refractivity contribution in [2.45, 2.75) is 19.5 Å². The molecule has 0 aromatic carbocycles. The molecule has 2 aromatic heterocycles. The molecule has 0 radical (unpaired) electrons. The fourth-order valence-corrected chi connectivity index (χ4v) is 2.75. The molecule has 0 saturated heterocycles. The van der Waals surface area contributed by atoms with Crippen LogP contribution < -0.4 is 5.32 Å². The van der Waals surface area contributed by atoms with Crippen LogP contribution in [0.3, 0.4) is 0 Å². The summed E-state index contributed by atoms with van der Waals surface area (Å²) < 4.78 is 1.17. The third kappa shape index (κ3) is 2.90. The van der Waals surface area contributed by atoms with Crippen LogP contribution in [0.5, 0.6) is 0 Å². The quantitative estimate of drug-likeness (QED) is 0.906. The lowest BCUT2D eigenvalue weighted by atomic mass is 10.2. The number of rotatable bonds is 4. The van der Waals surface area contributed by atoms with Gasteiger partial charge in [-0.2, -0.15) is 5.10 Å². The van der Waals surface area contributed by atoms with E-state index in [9.17, 15) is 0 Å². The molecular formula is C10H12BrN3S. The third-order valence-corrected chi connectivity index (χ3v) is 3.82. The molecule has 5 heteroatoms. The Labute approximate surface area is 101 Å². The monoisotopic (exact) mass is 285 g/mol. The number of nitrogens with zero attached hydrogens (tertiary/aromatic N) is 1. The minimum atomic E-state index is 0.299. The van der Waals surface area contributed by atoms with Crippen molar-refractivity contribution in [2.75, 3.05) is 0 Å². The second kappa shape index (κ2) is 4.92. The summed E-state index contributed by atoms with van der Waals surface area (Å²) in [5.41, 5.74) is 1.12. The van der Waals surface area contributed by atoms with E-state index in [0.29, 0.717) is 6.04 Å². The van der Waals surface area contributed by atoms with Gasteiger partial charge in [0, 0.05) is 23.7 Å². The normalized spacial score (nSPS) is 12.9. The summed E-state index contributed by atoms with van der Waals surface area (Å²) in [5, 5.41) is 10.3. The minimum Gasteiger partial charge on any atom is -0.304 e. The first kappa shape index (κ1) is 10.9. The van der Waals surface area contributed by atoms with Gasteiger partial charge < -0.3 is 5.32 Å². The molecule has 2 rings (SSSR count). The molecule has 1 unspecified atom stereocenters. The van der Waals surface area contributed by atoms with Gasteiger partial charge in [-0.1, -0.05) is 0 Å². The average Bonchev–Trinajstić information content (AvgIpc) is 2.84. The maximum Gasteiger partial charge on any atom is 0.0701 e. The first-order valence-corrected chi connectivity index (χ1v) is 6.33. The van der Waals surface area contributed by atoms with Crippen molar-refractivity contribution in [3.05, 3.63) is 38.8 Å². The van der Waals surface area contributed by atoms with Crippen LogP contribution in [0, 0.1) is 0 Å². The Morgan fingerprint density at radius 2 is 2.40 bits per heavy atom. The van der Waals surface area contributed by atoms with Crippen LogP contribution in [-0.4, -0.2) is 10.2 Å². The summed E-state index contributed by atoms with van der Waals surface area (Å²) in [5.74, 6) is 0. The maximum atomic E-state index is 3.93. The fourth-order valence-electron chi connectivity index (χ4n) is 1.32. The number of H-pyrrole nitrogens is 1. The molecule has 0 bridgehead atoms. The van der Waals surface area contributed by atoms with Crippen LogP contribution in [0.4, 0.5) is 0 Å². The number of aromatic amines is 1. The zero-order valence-corrected chi connectivity index (χ0v) is 10.7. The third-order valence-electron chi connectivity index (χ3n) is 2.20. The van der Waals surface area contributed by atoms with E-state index in [1.165, 1.54) is 8.66 Å². The van der Waals surface area contributed by atoms with Gasteiger partial charge in [-0.15, -0.1) is 11.3 Å². The standard InChI is InChI=1S/C10H12BrN3S/c1-7(9-4-5-13-14-9)12-6-8-2-3-10(11)15-8/h2-5,7,12H,6H2,1H3,(H,13,14). The second-order valence-electron chi connectivity index (χ2n) is 3.32. The number of hydrogen-bond donors (Lipinski definition) is 2. The smallest absolute Gasteiger partial charge is 0.0701 e. The molecule has 80 valence electrons. The molecule has 0 saturated carbocycles. The van der Waals surface area contributed by atoms with Gasteiger partial charge in [0.1, 0.15) is 0 Å². The molecule has 1 atom stereocenters.